The second-order valence-electron chi connectivity index (χ2n) is 3.98. The molecule has 1 fully saturated rings. The zero-order valence-electron chi connectivity index (χ0n) is 9.42. The van der Waals surface area contributed by atoms with Gasteiger partial charge in [0.15, 0.2) is 0 Å². The number of hydrogen-bond donors (Lipinski definition) is 1. The lowest BCUT2D eigenvalue weighted by Crippen LogP contribution is -2.39. The van der Waals surface area contributed by atoms with Gasteiger partial charge in [-0.15, -0.1) is 0 Å². The topological polar surface area (TPSA) is 12.0 Å². The molecule has 1 aliphatic heterocycles. The first kappa shape index (κ1) is 12.7. The van der Waals surface area contributed by atoms with E-state index in [2.05, 4.69) is 30.3 Å². The molecule has 0 bridgehead atoms. The number of unbranched alkanes of at least 4 members (excludes halogenated alkanes) is 1. The number of hydrogen-bond acceptors (Lipinski definition) is 3. The highest BCUT2D eigenvalue weighted by molar-refractivity contribution is 8.00. The van der Waals surface area contributed by atoms with Crippen molar-refractivity contribution in [2.75, 3.05) is 24.3 Å². The van der Waals surface area contributed by atoms with Gasteiger partial charge in [0.1, 0.15) is 0 Å². The Hall–Kier alpha value is 0.660. The Morgan fingerprint density at radius 1 is 1.43 bits per heavy atom. The largest absolute Gasteiger partial charge is 0.313 e. The van der Waals surface area contributed by atoms with Crippen LogP contribution < -0.4 is 5.32 Å². The molecule has 3 heteroatoms. The van der Waals surface area contributed by atoms with Crippen LogP contribution in [-0.2, 0) is 0 Å². The van der Waals surface area contributed by atoms with Crippen molar-refractivity contribution in [3.8, 4) is 0 Å². The van der Waals surface area contributed by atoms with Gasteiger partial charge in [0.25, 0.3) is 0 Å². The Morgan fingerprint density at radius 3 is 3.00 bits per heavy atom. The third-order valence-corrected chi connectivity index (χ3v) is 4.86. The molecule has 2 atom stereocenters. The van der Waals surface area contributed by atoms with Crippen LogP contribution in [0.1, 0.15) is 32.6 Å². The second-order valence-corrected chi connectivity index (χ2v) is 6.45. The average molecular weight is 233 g/mol. The molecule has 0 aromatic heterocycles. The van der Waals surface area contributed by atoms with E-state index in [0.29, 0.717) is 0 Å². The summed E-state index contributed by atoms with van der Waals surface area (Å²) in [5.41, 5.74) is 0. The van der Waals surface area contributed by atoms with Crippen LogP contribution in [0.5, 0.6) is 0 Å². The highest BCUT2D eigenvalue weighted by Gasteiger charge is 2.20. The van der Waals surface area contributed by atoms with Gasteiger partial charge in [-0.25, -0.2) is 0 Å². The minimum atomic E-state index is 0.781. The molecule has 14 heavy (non-hydrogen) atoms. The maximum Gasteiger partial charge on any atom is 0.0184 e. The molecule has 0 aromatic rings. The van der Waals surface area contributed by atoms with Gasteiger partial charge >= 0.3 is 0 Å². The summed E-state index contributed by atoms with van der Waals surface area (Å²) in [5, 5.41) is 4.52. The first-order valence-electron chi connectivity index (χ1n) is 5.68. The van der Waals surface area contributed by atoms with Crippen LogP contribution in [0.25, 0.3) is 0 Å². The maximum atomic E-state index is 3.70. The van der Waals surface area contributed by atoms with E-state index in [9.17, 15) is 0 Å². The van der Waals surface area contributed by atoms with Crippen molar-refractivity contribution in [2.45, 2.75) is 43.9 Å². The van der Waals surface area contributed by atoms with E-state index in [1.165, 1.54) is 43.7 Å². The smallest absolute Gasteiger partial charge is 0.0184 e. The molecule has 0 spiro atoms. The molecular formula is C11H23NS2. The van der Waals surface area contributed by atoms with Gasteiger partial charge in [-0.1, -0.05) is 6.92 Å². The minimum Gasteiger partial charge on any atom is -0.313 e. The van der Waals surface area contributed by atoms with E-state index in [-0.39, 0.29) is 0 Å². The van der Waals surface area contributed by atoms with E-state index in [4.69, 9.17) is 0 Å². The van der Waals surface area contributed by atoms with E-state index >= 15 is 0 Å². The summed E-state index contributed by atoms with van der Waals surface area (Å²) in [6.07, 6.45) is 7.68. The van der Waals surface area contributed by atoms with Crippen molar-refractivity contribution in [3.05, 3.63) is 0 Å². The normalized spacial score (nSPS) is 27.9. The molecule has 84 valence electrons. The number of nitrogens with one attached hydrogen (secondary N) is 1. The Morgan fingerprint density at radius 2 is 2.29 bits per heavy atom. The average Bonchev–Trinajstić information content (AvgIpc) is 2.20. The highest BCUT2D eigenvalue weighted by atomic mass is 32.2. The molecule has 0 radical (unpaired) electrons. The fourth-order valence-electron chi connectivity index (χ4n) is 1.85. The molecule has 1 heterocycles. The molecule has 0 saturated carbocycles. The molecule has 2 unspecified atom stereocenters. The zero-order valence-corrected chi connectivity index (χ0v) is 11.1. The number of thioether (sulfide) groups is 2. The molecule has 1 N–H and O–H groups in total. The molecule has 0 aromatic carbocycles. The van der Waals surface area contributed by atoms with E-state index in [0.717, 1.165) is 11.3 Å². The van der Waals surface area contributed by atoms with Crippen LogP contribution in [-0.4, -0.2) is 35.6 Å². The Kier molecular flexibility index (Phi) is 7.17. The van der Waals surface area contributed by atoms with Crippen LogP contribution in [0, 0.1) is 0 Å². The van der Waals surface area contributed by atoms with Gasteiger partial charge in [0.05, 0.1) is 0 Å². The van der Waals surface area contributed by atoms with E-state index in [1.54, 1.807) is 0 Å². The predicted molar refractivity (Wildman–Crippen MR) is 70.6 cm³/mol. The number of rotatable bonds is 6. The molecule has 1 aliphatic rings. The summed E-state index contributed by atoms with van der Waals surface area (Å²) in [4.78, 5) is 0. The summed E-state index contributed by atoms with van der Waals surface area (Å²) >= 11 is 4.08. The Balaban J connectivity index is 1.99. The standard InChI is InChI=1S/C11H23NS2/c1-10-11(6-5-9-14-10)12-7-3-4-8-13-2/h10-12H,3-9H2,1-2H3. The lowest BCUT2D eigenvalue weighted by molar-refractivity contribution is 0.457. The third-order valence-electron chi connectivity index (χ3n) is 2.79. The van der Waals surface area contributed by atoms with Crippen molar-refractivity contribution in [1.29, 1.82) is 0 Å². The van der Waals surface area contributed by atoms with Gasteiger partial charge in [0.2, 0.25) is 0 Å². The molecule has 0 aliphatic carbocycles. The van der Waals surface area contributed by atoms with Crippen LogP contribution in [0.2, 0.25) is 0 Å². The van der Waals surface area contributed by atoms with Gasteiger partial charge < -0.3 is 5.32 Å². The maximum absolute atomic E-state index is 3.70. The van der Waals surface area contributed by atoms with Crippen molar-refractivity contribution in [3.63, 3.8) is 0 Å². The monoisotopic (exact) mass is 233 g/mol. The first-order valence-corrected chi connectivity index (χ1v) is 8.13. The summed E-state index contributed by atoms with van der Waals surface area (Å²) in [5.74, 6) is 2.68. The molecule has 1 saturated heterocycles. The first-order chi connectivity index (χ1) is 6.84. The predicted octanol–water partition coefficient (Wildman–Crippen LogP) is 3.00. The van der Waals surface area contributed by atoms with Crippen molar-refractivity contribution >= 4 is 23.5 Å². The van der Waals surface area contributed by atoms with Crippen molar-refractivity contribution < 1.29 is 0 Å². The Labute approximate surface area is 97.2 Å². The molecule has 0 amide bonds. The van der Waals surface area contributed by atoms with Crippen LogP contribution in [0.4, 0.5) is 0 Å². The zero-order chi connectivity index (χ0) is 10.2. The summed E-state index contributed by atoms with van der Waals surface area (Å²) in [6.45, 7) is 3.58. The quantitative estimate of drug-likeness (QED) is 0.708. The van der Waals surface area contributed by atoms with Gasteiger partial charge in [0, 0.05) is 11.3 Å². The van der Waals surface area contributed by atoms with Crippen LogP contribution in [0.15, 0.2) is 0 Å². The third kappa shape index (κ3) is 4.94. The van der Waals surface area contributed by atoms with Gasteiger partial charge in [-0.3, -0.25) is 0 Å². The van der Waals surface area contributed by atoms with Gasteiger partial charge in [-0.05, 0) is 50.0 Å². The van der Waals surface area contributed by atoms with E-state index < -0.39 is 0 Å². The summed E-state index contributed by atoms with van der Waals surface area (Å²) < 4.78 is 0. The van der Waals surface area contributed by atoms with Crippen LogP contribution >= 0.6 is 23.5 Å². The Bertz CT molecular complexity index is 141. The minimum absolute atomic E-state index is 0.781. The van der Waals surface area contributed by atoms with E-state index in [1.807, 2.05) is 11.8 Å². The van der Waals surface area contributed by atoms with Crippen molar-refractivity contribution in [2.24, 2.45) is 0 Å². The summed E-state index contributed by atoms with van der Waals surface area (Å²) in [6, 6.07) is 0.781. The molecular weight excluding hydrogens is 210 g/mol. The van der Waals surface area contributed by atoms with Gasteiger partial charge in [-0.2, -0.15) is 23.5 Å². The molecule has 1 nitrogen and oxygen atoms in total. The SMILES string of the molecule is CSCCCCNC1CCCSC1C. The summed E-state index contributed by atoms with van der Waals surface area (Å²) in [7, 11) is 0. The fourth-order valence-corrected chi connectivity index (χ4v) is 3.51. The lowest BCUT2D eigenvalue weighted by Gasteiger charge is -2.29. The second kappa shape index (κ2) is 7.89. The van der Waals surface area contributed by atoms with Crippen molar-refractivity contribution in [1.82, 2.24) is 5.32 Å². The van der Waals surface area contributed by atoms with Crippen LogP contribution in [0.3, 0.4) is 0 Å². The fraction of sp³-hybridized carbons (Fsp3) is 1.00. The lowest BCUT2D eigenvalue weighted by atomic mass is 10.1. The molecule has 1 rings (SSSR count). The highest BCUT2D eigenvalue weighted by Crippen LogP contribution is 2.24.